The number of thiazole rings is 1. The third-order valence-corrected chi connectivity index (χ3v) is 10.2. The minimum Gasteiger partial charge on any atom is -0.493 e. The summed E-state index contributed by atoms with van der Waals surface area (Å²) in [6.45, 7) is 1.60. The Balaban J connectivity index is 1.44. The standard InChI is InChI=1S/C31H26FN3O6S2/c1-16-6-4-5-7-20(16)33-23(36)15-34-30-27(43-31(34)39)24(17-8-13-21(40-2)22(14-17)41-3)25-26(42-30)29(38)35(28(25)37)19-11-9-18(32)10-12-19/h4-14,24-26H,15H2,1-3H3,(H,33,36)/t24-,25?,26?/m1/s1. The lowest BCUT2D eigenvalue weighted by Gasteiger charge is -2.31. The lowest BCUT2D eigenvalue weighted by atomic mass is 9.83. The van der Waals surface area contributed by atoms with Crippen LogP contribution in [-0.4, -0.2) is 41.8 Å². The largest absolute Gasteiger partial charge is 0.493 e. The van der Waals surface area contributed by atoms with Gasteiger partial charge in [0, 0.05) is 16.5 Å². The molecule has 220 valence electrons. The van der Waals surface area contributed by atoms with Gasteiger partial charge in [-0.15, -0.1) is 0 Å². The third kappa shape index (κ3) is 5.00. The average molecular weight is 620 g/mol. The van der Waals surface area contributed by atoms with Crippen molar-refractivity contribution >= 4 is 52.2 Å². The number of rotatable bonds is 7. The second kappa shape index (κ2) is 11.3. The molecule has 0 saturated carbocycles. The van der Waals surface area contributed by atoms with Crippen LogP contribution < -0.4 is 24.6 Å². The number of hydrogen-bond acceptors (Lipinski definition) is 8. The number of nitrogens with zero attached hydrogens (tertiary/aromatic N) is 2. The van der Waals surface area contributed by atoms with Gasteiger partial charge in [-0.05, 0) is 60.5 Å². The fourth-order valence-corrected chi connectivity index (χ4v) is 8.33. The summed E-state index contributed by atoms with van der Waals surface area (Å²) in [5, 5.41) is 2.43. The van der Waals surface area contributed by atoms with Crippen molar-refractivity contribution in [2.24, 2.45) is 5.92 Å². The van der Waals surface area contributed by atoms with Gasteiger partial charge < -0.3 is 14.8 Å². The molecule has 2 aliphatic heterocycles. The maximum atomic E-state index is 14.0. The van der Waals surface area contributed by atoms with E-state index < -0.39 is 40.6 Å². The molecule has 3 atom stereocenters. The third-order valence-electron chi connectivity index (χ3n) is 7.62. The number of aryl methyl sites for hydroxylation is 1. The predicted molar refractivity (Wildman–Crippen MR) is 162 cm³/mol. The number of halogens is 1. The number of imide groups is 1. The van der Waals surface area contributed by atoms with Gasteiger partial charge in [-0.3, -0.25) is 23.7 Å². The van der Waals surface area contributed by atoms with Gasteiger partial charge in [-0.2, -0.15) is 0 Å². The highest BCUT2D eigenvalue weighted by Gasteiger charge is 2.57. The molecule has 3 amide bonds. The number of anilines is 2. The number of benzene rings is 3. The maximum absolute atomic E-state index is 14.0. The highest BCUT2D eigenvalue weighted by atomic mass is 32.2. The number of aromatic nitrogens is 1. The number of methoxy groups -OCH3 is 2. The summed E-state index contributed by atoms with van der Waals surface area (Å²) in [5.74, 6) is -2.47. The smallest absolute Gasteiger partial charge is 0.308 e. The number of para-hydroxylation sites is 1. The van der Waals surface area contributed by atoms with E-state index in [9.17, 15) is 23.6 Å². The molecule has 1 saturated heterocycles. The fourth-order valence-electron chi connectivity index (χ4n) is 5.55. The molecule has 1 aromatic heterocycles. The summed E-state index contributed by atoms with van der Waals surface area (Å²) in [7, 11) is 3.01. The minimum absolute atomic E-state index is 0.260. The minimum atomic E-state index is -0.886. The van der Waals surface area contributed by atoms with Crippen molar-refractivity contribution in [2.45, 2.75) is 29.7 Å². The first-order valence-electron chi connectivity index (χ1n) is 13.3. The summed E-state index contributed by atoms with van der Waals surface area (Å²) < 4.78 is 26.0. The Morgan fingerprint density at radius 1 is 0.953 bits per heavy atom. The molecule has 0 spiro atoms. The van der Waals surface area contributed by atoms with Gasteiger partial charge in [0.1, 0.15) is 17.6 Å². The Morgan fingerprint density at radius 3 is 2.37 bits per heavy atom. The van der Waals surface area contributed by atoms with Crippen molar-refractivity contribution in [1.29, 1.82) is 0 Å². The first-order valence-corrected chi connectivity index (χ1v) is 15.0. The molecule has 1 fully saturated rings. The van der Waals surface area contributed by atoms with E-state index in [4.69, 9.17) is 9.47 Å². The second-order valence-corrected chi connectivity index (χ2v) is 12.3. The van der Waals surface area contributed by atoms with E-state index in [2.05, 4.69) is 5.32 Å². The highest BCUT2D eigenvalue weighted by Crippen LogP contribution is 2.54. The molecule has 0 aliphatic carbocycles. The molecule has 2 aliphatic rings. The molecule has 2 unspecified atom stereocenters. The van der Waals surface area contributed by atoms with Crippen molar-refractivity contribution in [1.82, 2.24) is 4.57 Å². The van der Waals surface area contributed by atoms with Crippen LogP contribution in [-0.2, 0) is 20.9 Å². The monoisotopic (exact) mass is 619 g/mol. The maximum Gasteiger partial charge on any atom is 0.308 e. The first-order chi connectivity index (χ1) is 20.7. The topological polar surface area (TPSA) is 107 Å². The summed E-state index contributed by atoms with van der Waals surface area (Å²) in [6, 6.07) is 17.7. The van der Waals surface area contributed by atoms with Crippen LogP contribution >= 0.6 is 23.1 Å². The van der Waals surface area contributed by atoms with E-state index in [1.54, 1.807) is 30.3 Å². The second-order valence-electron chi connectivity index (χ2n) is 10.1. The van der Waals surface area contributed by atoms with Crippen molar-refractivity contribution in [3.05, 3.63) is 98.2 Å². The van der Waals surface area contributed by atoms with Gasteiger partial charge in [0.25, 0.3) is 0 Å². The zero-order valence-electron chi connectivity index (χ0n) is 23.3. The zero-order valence-corrected chi connectivity index (χ0v) is 25.0. The van der Waals surface area contributed by atoms with Crippen molar-refractivity contribution in [3.8, 4) is 11.5 Å². The lowest BCUT2D eigenvalue weighted by Crippen LogP contribution is -2.33. The predicted octanol–water partition coefficient (Wildman–Crippen LogP) is 4.81. The number of carbonyl (C=O) groups is 3. The van der Waals surface area contributed by atoms with Gasteiger partial charge in [0.2, 0.25) is 17.7 Å². The number of ether oxygens (including phenoxy) is 2. The van der Waals surface area contributed by atoms with Crippen LogP contribution in [0.3, 0.4) is 0 Å². The fraction of sp³-hybridized carbons (Fsp3) is 0.226. The van der Waals surface area contributed by atoms with Crippen LogP contribution in [0.15, 0.2) is 76.6 Å². The van der Waals surface area contributed by atoms with E-state index in [0.29, 0.717) is 32.7 Å². The molecule has 43 heavy (non-hydrogen) atoms. The molecular weight excluding hydrogens is 593 g/mol. The molecular formula is C31H26FN3O6S2. The summed E-state index contributed by atoms with van der Waals surface area (Å²) >= 11 is 2.06. The SMILES string of the molecule is COc1ccc([C@H]2c3sc(=O)n(CC(=O)Nc4ccccc4C)c3SC3C(=O)N(c4ccc(F)cc4)C(=O)C32)cc1OC. The summed E-state index contributed by atoms with van der Waals surface area (Å²) in [5.41, 5.74) is 2.41. The van der Waals surface area contributed by atoms with Gasteiger partial charge >= 0.3 is 4.87 Å². The molecule has 1 N–H and O–H groups in total. The van der Waals surface area contributed by atoms with Gasteiger partial charge in [-0.25, -0.2) is 9.29 Å². The van der Waals surface area contributed by atoms with E-state index in [0.717, 1.165) is 33.6 Å². The molecule has 3 heterocycles. The molecule has 9 nitrogen and oxygen atoms in total. The Bertz CT molecular complexity index is 1820. The normalized spacial score (nSPS) is 19.2. The highest BCUT2D eigenvalue weighted by molar-refractivity contribution is 8.00. The summed E-state index contributed by atoms with van der Waals surface area (Å²) in [4.78, 5) is 55.6. The summed E-state index contributed by atoms with van der Waals surface area (Å²) in [6.07, 6.45) is 0. The van der Waals surface area contributed by atoms with E-state index >= 15 is 0 Å². The Morgan fingerprint density at radius 2 is 1.67 bits per heavy atom. The van der Waals surface area contributed by atoms with Crippen LogP contribution in [0.2, 0.25) is 0 Å². The molecule has 6 rings (SSSR count). The van der Waals surface area contributed by atoms with Gasteiger partial charge in [0.15, 0.2) is 11.5 Å². The number of fused-ring (bicyclic) bond motifs is 2. The molecule has 0 bridgehead atoms. The first kappa shape index (κ1) is 28.7. The lowest BCUT2D eigenvalue weighted by molar-refractivity contribution is -0.122. The van der Waals surface area contributed by atoms with Gasteiger partial charge in [0.05, 0.1) is 30.9 Å². The van der Waals surface area contributed by atoms with Crippen molar-refractivity contribution in [2.75, 3.05) is 24.4 Å². The van der Waals surface area contributed by atoms with E-state index in [1.165, 1.54) is 43.1 Å². The number of carbonyl (C=O) groups excluding carboxylic acids is 3. The Hall–Kier alpha value is -4.42. The van der Waals surface area contributed by atoms with Crippen molar-refractivity contribution in [3.63, 3.8) is 0 Å². The molecule has 12 heteroatoms. The van der Waals surface area contributed by atoms with Crippen LogP contribution in [0.25, 0.3) is 0 Å². The van der Waals surface area contributed by atoms with Gasteiger partial charge in [-0.1, -0.05) is 47.4 Å². The number of thioether (sulfide) groups is 1. The number of amides is 3. The van der Waals surface area contributed by atoms with Crippen LogP contribution in [0, 0.1) is 18.7 Å². The van der Waals surface area contributed by atoms with Crippen LogP contribution in [0.4, 0.5) is 15.8 Å². The van der Waals surface area contributed by atoms with E-state index in [1.807, 2.05) is 19.1 Å². The number of hydrogen-bond donors (Lipinski definition) is 1. The average Bonchev–Trinajstić information content (AvgIpc) is 3.44. The Labute approximate surface area is 254 Å². The van der Waals surface area contributed by atoms with E-state index in [-0.39, 0.29) is 17.1 Å². The molecule has 4 aromatic rings. The molecule has 0 radical (unpaired) electrons. The van der Waals surface area contributed by atoms with Crippen molar-refractivity contribution < 1.29 is 28.2 Å². The Kier molecular flexibility index (Phi) is 7.57. The zero-order chi connectivity index (χ0) is 30.4. The number of nitrogens with one attached hydrogen (secondary N) is 1. The van der Waals surface area contributed by atoms with Crippen LogP contribution in [0.5, 0.6) is 11.5 Å². The quantitative estimate of drug-likeness (QED) is 0.296. The van der Waals surface area contributed by atoms with Crippen LogP contribution in [0.1, 0.15) is 21.9 Å². The molecule has 3 aromatic carbocycles.